The van der Waals surface area contributed by atoms with Crippen LogP contribution in [0.25, 0.3) is 33.5 Å². The van der Waals surface area contributed by atoms with Gasteiger partial charge in [-0.25, -0.2) is 44.9 Å². The number of aliphatic imine (C=N–C) groups is 1. The summed E-state index contributed by atoms with van der Waals surface area (Å²) in [7, 11) is 1.46. The van der Waals surface area contributed by atoms with E-state index in [9.17, 15) is 40.9 Å². The average Bonchev–Trinajstić information content (AvgIpc) is 1.65. The monoisotopic (exact) mass is 1730 g/mol. The summed E-state index contributed by atoms with van der Waals surface area (Å²) < 4.78 is 35.6. The molecule has 12 rings (SSSR count). The third-order valence-electron chi connectivity index (χ3n) is 19.4. The first-order valence-electron chi connectivity index (χ1n) is 37.7. The lowest BCUT2D eigenvalue weighted by atomic mass is 10.1. The molecule has 0 saturated carbocycles. The number of aromatic nitrogens is 14. The lowest BCUT2D eigenvalue weighted by molar-refractivity contribution is -0.313. The van der Waals surface area contributed by atoms with Gasteiger partial charge in [0, 0.05) is 19.6 Å². The van der Waals surface area contributed by atoms with Gasteiger partial charge in [0.2, 0.25) is 6.34 Å². The number of thioether (sulfide) groups is 2. The lowest BCUT2D eigenvalue weighted by Gasteiger charge is -2.18. The van der Waals surface area contributed by atoms with Gasteiger partial charge in [0.25, 0.3) is 11.6 Å². The van der Waals surface area contributed by atoms with Crippen molar-refractivity contribution in [1.29, 1.82) is 0 Å². The van der Waals surface area contributed by atoms with Crippen LogP contribution in [0.1, 0.15) is 65.1 Å². The number of nitrogens with one attached hydrogen (secondary N) is 3. The van der Waals surface area contributed by atoms with Crippen LogP contribution in [0, 0.1) is 0 Å². The summed E-state index contributed by atoms with van der Waals surface area (Å²) in [5, 5.41) is 122. The van der Waals surface area contributed by atoms with E-state index < -0.39 is 119 Å². The van der Waals surface area contributed by atoms with Gasteiger partial charge >= 0.3 is 11.8 Å². The highest BCUT2D eigenvalue weighted by atomic mass is 32.2. The number of aliphatic hydroxyl groups excluding tert-OH is 11. The second kappa shape index (κ2) is 40.7. The Bertz CT molecular complexity index is 4910. The number of rotatable bonds is 30. The van der Waals surface area contributed by atoms with Crippen molar-refractivity contribution >= 4 is 157 Å². The fraction of sp³-hybridized carbons (Fsp3) is 0.581. The Morgan fingerprint density at radius 3 is 1.34 bits per heavy atom. The van der Waals surface area contributed by atoms with E-state index in [0.29, 0.717) is 118 Å². The summed E-state index contributed by atoms with van der Waals surface area (Å²) in [5.41, 5.74) is 12.0. The van der Waals surface area contributed by atoms with Crippen molar-refractivity contribution in [2.24, 2.45) is 4.99 Å². The smallest absolute Gasteiger partial charge is 0.397 e. The SMILES string of the molecule is C=P(C)(C)CC[C@H]1OC(=[N+]2C=Nc3c(NC/C=C(/C)CO)nc(OC)nc32)[C@H](O)[C@@H]1O.C=P(C)(C)CC[C@H]1OC(n2cnc3c(N)nc(SC)nc32)[C@H](O)[C@@H]1O.C=P(C)(C)CC[C@H]1OC(n2cnc3c(NC/C=C(/C)CO)nc(SC)nc32)[C@H](O)[C@@H]1O.C=P(C)(C)CC[C@H]1OC(n2cnc3c(NC/C=C(/C)CO)ncnc32)[C@H](O)[C@@H]1O. The fourth-order valence-electron chi connectivity index (χ4n) is 12.6. The van der Waals surface area contributed by atoms with Gasteiger partial charge in [-0.2, -0.15) is 9.56 Å². The number of fused-ring (bicyclic) bond motifs is 4. The minimum Gasteiger partial charge on any atom is -0.463 e. The number of ether oxygens (including phenoxy) is 5. The number of methoxy groups -OCH3 is 1. The van der Waals surface area contributed by atoms with Crippen molar-refractivity contribution in [2.45, 2.75) is 149 Å². The molecule has 16 N–H and O–H groups in total. The maximum atomic E-state index is 10.7. The molecule has 42 heteroatoms. The van der Waals surface area contributed by atoms with Gasteiger partial charge in [-0.05, 0) is 142 Å². The van der Waals surface area contributed by atoms with Crippen molar-refractivity contribution in [3.05, 3.63) is 60.3 Å². The van der Waals surface area contributed by atoms with E-state index in [1.54, 1.807) is 26.4 Å². The second-order valence-corrected chi connectivity index (χ2v) is 50.6. The highest BCUT2D eigenvalue weighted by molar-refractivity contribution is 7.98. The van der Waals surface area contributed by atoms with E-state index in [1.165, 1.54) is 54.2 Å². The Morgan fingerprint density at radius 1 is 0.509 bits per heavy atom. The molecule has 0 aromatic carbocycles. The standard InChI is InChI=1S/C20H31N5O5P.C20H32N5O4PS.C19H30N5O4P.C15H24N5O3PS/c1-12(10-26)6-8-21-17-14-18(24-20(23-17)29-2)25(11-22-14)19-16(28)15(27)13(30-19)7-9-31(3,4)5;1-12(10-26)6-8-21-17-14-18(24-20(23-17)31-5)25(11-22-14)19-16(28)15(27)13(29-19)7-9-30(2,3)4;1-12(9-25)5-7-20-17-14-18(22-10-21-17)24(11-23-14)19-16(27)15(26)13(28-19)6-8-29(2,3)4;1-24(2,3)6-5-8-10(21)11(22)14(23-8)20-7-17-9-12(16)18-15(25-4)19-13(9)20/h6,11,13,15-16,26-28H,3,7-10H2,1-2,4-5H3,(H,21,23,24);6,11,13,15-16,19,26-28H,2,7-10H2,1,3-5H3,(H,21,23,24);5,10-11,13,15-16,19,25-27H,2,6-9H2,1,3-4H3,(H,20,21,22);7-8,10-11,14,21-22H,1,5-6H2,2-4H3,(H2,16,18,19)/q+1;;;/b12-6-,25-19?;12-6-;12-5-;/t13-,15-,16-;2*13-,15-,16-,19?;8-,10-,11-,14?/m1111/s1. The van der Waals surface area contributed by atoms with Gasteiger partial charge in [0.15, 0.2) is 86.3 Å². The Hall–Kier alpha value is -6.57. The Kier molecular flexibility index (Phi) is 32.7. The van der Waals surface area contributed by atoms with Crippen LogP contribution < -0.4 is 26.4 Å². The number of imidazole rings is 3. The molecule has 5 aliphatic heterocycles. The zero-order chi connectivity index (χ0) is 85.1. The summed E-state index contributed by atoms with van der Waals surface area (Å²) in [5.74, 6) is 2.37. The quantitative estimate of drug-likeness (QED) is 0.00989. The molecular weight excluding hydrogens is 1610 g/mol. The van der Waals surface area contributed by atoms with Crippen LogP contribution in [0.5, 0.6) is 6.01 Å². The normalized spacial score (nSPS) is 25.7. The van der Waals surface area contributed by atoms with E-state index in [1.807, 2.05) is 51.5 Å². The highest BCUT2D eigenvalue weighted by Gasteiger charge is 2.49. The molecule has 0 aliphatic carbocycles. The van der Waals surface area contributed by atoms with E-state index in [4.69, 9.17) is 44.7 Å². The van der Waals surface area contributed by atoms with E-state index in [-0.39, 0.29) is 37.5 Å². The van der Waals surface area contributed by atoms with Crippen LogP contribution in [0.3, 0.4) is 0 Å². The molecule has 7 aromatic heterocycles. The molecule has 640 valence electrons. The summed E-state index contributed by atoms with van der Waals surface area (Å²) >= 11 is 2.76. The number of aliphatic hydroxyl groups is 11. The maximum Gasteiger partial charge on any atom is 0.397 e. The van der Waals surface area contributed by atoms with Gasteiger partial charge in [0.1, 0.15) is 60.7 Å². The topological polar surface area (TPSA) is 503 Å². The molecule has 3 unspecified atom stereocenters. The van der Waals surface area contributed by atoms with E-state index in [0.717, 1.165) is 41.4 Å². The minimum absolute atomic E-state index is 0.000773. The molecule has 116 heavy (non-hydrogen) atoms. The third-order valence-corrected chi connectivity index (χ3v) is 26.4. The van der Waals surface area contributed by atoms with Crippen LogP contribution in [-0.4, -0.2) is 377 Å². The molecule has 0 spiro atoms. The predicted molar refractivity (Wildman–Crippen MR) is 470 cm³/mol. The first-order chi connectivity index (χ1) is 54.7. The summed E-state index contributed by atoms with van der Waals surface area (Å²) in [6, 6.07) is 0.119. The third kappa shape index (κ3) is 23.9. The predicted octanol–water partition coefficient (Wildman–Crippen LogP) is 4.13. The molecule has 4 fully saturated rings. The number of hydrogen-bond acceptors (Lipinski definition) is 34. The number of nitrogen functional groups attached to an aromatic ring is 1. The van der Waals surface area contributed by atoms with Crippen LogP contribution in [0.2, 0.25) is 0 Å². The second-order valence-electron chi connectivity index (χ2n) is 31.8. The number of nitrogens with zero attached hydrogens (tertiary/aromatic N) is 16. The molecule has 15 atom stereocenters. The molecule has 36 nitrogen and oxygen atoms in total. The van der Waals surface area contributed by atoms with Gasteiger partial charge in [0.05, 0.1) is 64.2 Å². The Labute approximate surface area is 684 Å². The molecule has 0 amide bonds. The molecule has 12 heterocycles. The average molecular weight is 1730 g/mol. The van der Waals surface area contributed by atoms with Crippen molar-refractivity contribution in [1.82, 2.24) is 68.5 Å². The maximum absolute atomic E-state index is 10.7. The molecule has 0 bridgehead atoms. The van der Waals surface area contributed by atoms with Crippen molar-refractivity contribution in [3.8, 4) is 6.01 Å². The number of anilines is 4. The lowest BCUT2D eigenvalue weighted by Crippen LogP contribution is -2.33. The van der Waals surface area contributed by atoms with Gasteiger partial charge in [-0.15, -0.1) is 52.7 Å². The molecule has 5 aliphatic rings. The summed E-state index contributed by atoms with van der Waals surface area (Å²) in [6.45, 7) is 18.9. The Morgan fingerprint density at radius 2 is 0.905 bits per heavy atom. The first-order valence-corrected chi connectivity index (χ1v) is 52.3. The van der Waals surface area contributed by atoms with Crippen molar-refractivity contribution < 1.29 is 84.4 Å². The van der Waals surface area contributed by atoms with Gasteiger partial charge in [-0.3, -0.25) is 13.7 Å². The number of hydrogen-bond donors (Lipinski definition) is 15. The van der Waals surface area contributed by atoms with Crippen LogP contribution in [0.4, 0.5) is 34.8 Å². The molecule has 7 aromatic rings. The van der Waals surface area contributed by atoms with Crippen LogP contribution >= 0.6 is 51.1 Å². The van der Waals surface area contributed by atoms with E-state index in [2.05, 4.69) is 154 Å². The largest absolute Gasteiger partial charge is 0.463 e. The Balaban J connectivity index is 0.000000177. The zero-order valence-corrected chi connectivity index (χ0v) is 73.5. The van der Waals surface area contributed by atoms with Gasteiger partial charge in [-0.1, -0.05) is 63.5 Å². The minimum atomic E-state index is -1.29. The van der Waals surface area contributed by atoms with Crippen LogP contribution in [-0.2, 0) is 18.9 Å². The van der Waals surface area contributed by atoms with Gasteiger partial charge < -0.3 is 102 Å². The fourth-order valence-corrected chi connectivity index (χ4v) is 17.2. The zero-order valence-electron chi connectivity index (χ0n) is 68.3. The first kappa shape index (κ1) is 93.3. The molecule has 4 saturated heterocycles. The van der Waals surface area contributed by atoms with E-state index >= 15 is 0 Å². The number of nitrogens with two attached hydrogens (primary N) is 1. The molecule has 0 radical (unpaired) electrons. The highest BCUT2D eigenvalue weighted by Crippen LogP contribution is 2.45. The van der Waals surface area contributed by atoms with Crippen molar-refractivity contribution in [2.75, 3.05) is 159 Å². The summed E-state index contributed by atoms with van der Waals surface area (Å²) in [6.07, 6.45) is 26.9. The molecular formula is C74H117N20O16P4S2+. The van der Waals surface area contributed by atoms with Crippen LogP contribution in [0.15, 0.2) is 75.6 Å². The van der Waals surface area contributed by atoms with Crippen molar-refractivity contribution in [3.63, 3.8) is 0 Å². The summed E-state index contributed by atoms with van der Waals surface area (Å²) in [4.78, 5) is 52.3.